The van der Waals surface area contributed by atoms with Crippen molar-refractivity contribution in [2.45, 2.75) is 77.9 Å². The molecule has 2 aliphatic heterocycles. The maximum atomic E-state index is 12.9. The summed E-state index contributed by atoms with van der Waals surface area (Å²) in [5.41, 5.74) is -0.564. The number of rotatable bonds is 4. The Hall–Kier alpha value is -1.92. The van der Waals surface area contributed by atoms with Gasteiger partial charge in [-0.3, -0.25) is 9.59 Å². The summed E-state index contributed by atoms with van der Waals surface area (Å²) in [7, 11) is 0. The second-order valence-electron chi connectivity index (χ2n) is 8.99. The van der Waals surface area contributed by atoms with Crippen LogP contribution in [0.4, 0.5) is 4.79 Å². The van der Waals surface area contributed by atoms with Gasteiger partial charge in [-0.2, -0.15) is 0 Å². The standard InChI is InChI=1S/C21H33NO6/c1-14-13-18(25)27-19(14)16(9-12-23)15-7-5-10-22(11-6-8-17(15)24)20(26)28-21(2,3)4/h12,14-16,19H,5-11,13H2,1-4H3/t14-,15?,16+,19-/m1/s1. The molecule has 4 atom stereocenters. The third-order valence-electron chi connectivity index (χ3n) is 5.48. The summed E-state index contributed by atoms with van der Waals surface area (Å²) in [5.74, 6) is -0.800. The van der Waals surface area contributed by atoms with E-state index >= 15 is 0 Å². The van der Waals surface area contributed by atoms with Crippen LogP contribution in [0.5, 0.6) is 0 Å². The Morgan fingerprint density at radius 2 is 1.96 bits per heavy atom. The molecule has 2 saturated heterocycles. The van der Waals surface area contributed by atoms with Crippen molar-refractivity contribution in [2.75, 3.05) is 13.1 Å². The SMILES string of the molecule is C[C@@H]1CC(=O)O[C@H]1[C@@H](CC=O)C1CCCN(C(=O)OC(C)(C)C)CCCC1=O. The van der Waals surface area contributed by atoms with Gasteiger partial charge in [0.2, 0.25) is 0 Å². The van der Waals surface area contributed by atoms with E-state index in [1.54, 1.807) is 4.90 Å². The van der Waals surface area contributed by atoms with E-state index in [4.69, 9.17) is 9.47 Å². The van der Waals surface area contributed by atoms with Gasteiger partial charge in [-0.05, 0) is 40.0 Å². The first-order chi connectivity index (χ1) is 13.1. The van der Waals surface area contributed by atoms with Crippen LogP contribution in [0.3, 0.4) is 0 Å². The van der Waals surface area contributed by atoms with Crippen LogP contribution in [-0.2, 0) is 23.9 Å². The van der Waals surface area contributed by atoms with E-state index in [0.717, 1.165) is 6.29 Å². The fraction of sp³-hybridized carbons (Fsp3) is 0.810. The van der Waals surface area contributed by atoms with Gasteiger partial charge in [0.15, 0.2) is 0 Å². The monoisotopic (exact) mass is 395 g/mol. The average molecular weight is 395 g/mol. The fourth-order valence-corrected chi connectivity index (χ4v) is 4.21. The van der Waals surface area contributed by atoms with Crippen LogP contribution >= 0.6 is 0 Å². The molecular weight excluding hydrogens is 362 g/mol. The number of hydrogen-bond donors (Lipinski definition) is 0. The molecule has 7 nitrogen and oxygen atoms in total. The largest absolute Gasteiger partial charge is 0.462 e. The summed E-state index contributed by atoms with van der Waals surface area (Å²) in [6.07, 6.45) is 2.70. The first kappa shape index (κ1) is 22.4. The predicted octanol–water partition coefficient (Wildman–Crippen LogP) is 3.14. The molecule has 0 aromatic heterocycles. The molecule has 2 fully saturated rings. The van der Waals surface area contributed by atoms with Crippen LogP contribution in [0.15, 0.2) is 0 Å². The van der Waals surface area contributed by atoms with E-state index in [1.807, 2.05) is 27.7 Å². The predicted molar refractivity (Wildman–Crippen MR) is 103 cm³/mol. The number of ketones is 1. The molecule has 0 aliphatic carbocycles. The summed E-state index contributed by atoms with van der Waals surface area (Å²) >= 11 is 0. The molecule has 0 bridgehead atoms. The zero-order valence-electron chi connectivity index (χ0n) is 17.4. The Morgan fingerprint density at radius 1 is 1.29 bits per heavy atom. The number of cyclic esters (lactones) is 1. The quantitative estimate of drug-likeness (QED) is 0.537. The highest BCUT2D eigenvalue weighted by molar-refractivity contribution is 5.82. The number of ether oxygens (including phenoxy) is 2. The number of esters is 1. The molecule has 0 aromatic rings. The zero-order chi connectivity index (χ0) is 20.9. The van der Waals surface area contributed by atoms with Crippen LogP contribution in [0.1, 0.15) is 66.2 Å². The van der Waals surface area contributed by atoms with Gasteiger partial charge in [-0.1, -0.05) is 6.92 Å². The third-order valence-corrected chi connectivity index (χ3v) is 5.48. The van der Waals surface area contributed by atoms with Crippen LogP contribution in [0.2, 0.25) is 0 Å². The smallest absolute Gasteiger partial charge is 0.410 e. The van der Waals surface area contributed by atoms with Gasteiger partial charge >= 0.3 is 12.1 Å². The Morgan fingerprint density at radius 3 is 2.54 bits per heavy atom. The van der Waals surface area contributed by atoms with Crippen molar-refractivity contribution in [3.05, 3.63) is 0 Å². The number of aldehydes is 1. The molecule has 28 heavy (non-hydrogen) atoms. The van der Waals surface area contributed by atoms with Crippen molar-refractivity contribution in [3.8, 4) is 0 Å². The summed E-state index contributed by atoms with van der Waals surface area (Å²) in [6.45, 7) is 8.39. The van der Waals surface area contributed by atoms with Gasteiger partial charge in [0.1, 0.15) is 23.8 Å². The van der Waals surface area contributed by atoms with Crippen LogP contribution in [0, 0.1) is 17.8 Å². The van der Waals surface area contributed by atoms with Crippen molar-refractivity contribution in [2.24, 2.45) is 17.8 Å². The highest BCUT2D eigenvalue weighted by atomic mass is 16.6. The van der Waals surface area contributed by atoms with Gasteiger partial charge in [0.25, 0.3) is 0 Å². The normalized spacial score (nSPS) is 28.0. The Bertz CT molecular complexity index is 596. The molecule has 2 aliphatic rings. The zero-order valence-corrected chi connectivity index (χ0v) is 17.4. The summed E-state index contributed by atoms with van der Waals surface area (Å²) in [4.78, 5) is 49.9. The van der Waals surface area contributed by atoms with E-state index in [9.17, 15) is 19.2 Å². The first-order valence-electron chi connectivity index (χ1n) is 10.3. The Labute approximate surface area is 167 Å². The molecule has 0 aromatic carbocycles. The molecule has 158 valence electrons. The maximum absolute atomic E-state index is 12.9. The highest BCUT2D eigenvalue weighted by Gasteiger charge is 2.42. The number of hydrogen-bond acceptors (Lipinski definition) is 6. The fourth-order valence-electron chi connectivity index (χ4n) is 4.21. The molecule has 1 unspecified atom stereocenters. The average Bonchev–Trinajstić information content (AvgIpc) is 2.95. The van der Waals surface area contributed by atoms with Gasteiger partial charge < -0.3 is 19.2 Å². The molecule has 0 saturated carbocycles. The summed E-state index contributed by atoms with van der Waals surface area (Å²) < 4.78 is 10.9. The Balaban J connectivity index is 2.09. The minimum atomic E-state index is -0.564. The lowest BCUT2D eigenvalue weighted by atomic mass is 9.75. The molecular formula is C21H33NO6. The molecule has 2 rings (SSSR count). The van der Waals surface area contributed by atoms with Crippen LogP contribution in [0.25, 0.3) is 0 Å². The number of nitrogens with zero attached hydrogens (tertiary/aromatic N) is 1. The lowest BCUT2D eigenvalue weighted by Crippen LogP contribution is -2.38. The number of carbonyl (C=O) groups excluding carboxylic acids is 4. The van der Waals surface area contributed by atoms with E-state index in [0.29, 0.717) is 45.2 Å². The van der Waals surface area contributed by atoms with Crippen molar-refractivity contribution >= 4 is 24.1 Å². The van der Waals surface area contributed by atoms with Crippen molar-refractivity contribution in [1.82, 2.24) is 4.90 Å². The van der Waals surface area contributed by atoms with Crippen molar-refractivity contribution in [3.63, 3.8) is 0 Å². The molecule has 0 radical (unpaired) electrons. The number of Topliss-reactive ketones (excluding diaryl/α,β-unsaturated/α-hetero) is 1. The minimum Gasteiger partial charge on any atom is -0.462 e. The highest BCUT2D eigenvalue weighted by Crippen LogP contribution is 2.36. The molecule has 1 amide bonds. The van der Waals surface area contributed by atoms with Gasteiger partial charge in [-0.15, -0.1) is 0 Å². The maximum Gasteiger partial charge on any atom is 0.410 e. The second-order valence-corrected chi connectivity index (χ2v) is 8.99. The first-order valence-corrected chi connectivity index (χ1v) is 10.3. The van der Waals surface area contributed by atoms with Gasteiger partial charge in [-0.25, -0.2) is 4.79 Å². The van der Waals surface area contributed by atoms with E-state index in [1.165, 1.54) is 0 Å². The topological polar surface area (TPSA) is 90.0 Å². The Kier molecular flexibility index (Phi) is 7.61. The third kappa shape index (κ3) is 6.04. The van der Waals surface area contributed by atoms with Crippen molar-refractivity contribution < 1.29 is 28.7 Å². The number of amides is 1. The van der Waals surface area contributed by atoms with Crippen molar-refractivity contribution in [1.29, 1.82) is 0 Å². The molecule has 2 heterocycles. The molecule has 7 heteroatoms. The minimum absolute atomic E-state index is 0.00357. The van der Waals surface area contributed by atoms with Gasteiger partial charge in [0.05, 0.1) is 6.42 Å². The lowest BCUT2D eigenvalue weighted by molar-refractivity contribution is -0.146. The van der Waals surface area contributed by atoms with Gasteiger partial charge in [0, 0.05) is 43.7 Å². The van der Waals surface area contributed by atoms with Crippen LogP contribution in [-0.4, -0.2) is 53.8 Å². The lowest BCUT2D eigenvalue weighted by Gasteiger charge is -2.30. The molecule has 0 N–H and O–H groups in total. The van der Waals surface area contributed by atoms with E-state index in [-0.39, 0.29) is 42.0 Å². The van der Waals surface area contributed by atoms with E-state index in [2.05, 4.69) is 0 Å². The van der Waals surface area contributed by atoms with E-state index < -0.39 is 11.7 Å². The summed E-state index contributed by atoms with van der Waals surface area (Å²) in [6, 6.07) is 0. The number of carbonyl (C=O) groups is 4. The summed E-state index contributed by atoms with van der Waals surface area (Å²) in [5, 5.41) is 0. The second kappa shape index (κ2) is 9.52. The molecule has 0 spiro atoms. The van der Waals surface area contributed by atoms with Crippen LogP contribution < -0.4 is 0 Å².